The van der Waals surface area contributed by atoms with Crippen molar-refractivity contribution in [2.45, 2.75) is 33.3 Å². The van der Waals surface area contributed by atoms with Crippen molar-refractivity contribution in [3.05, 3.63) is 39.8 Å². The molecular formula is C18H17N3O3S. The van der Waals surface area contributed by atoms with Crippen molar-refractivity contribution in [2.24, 2.45) is 0 Å². The molecule has 128 valence electrons. The van der Waals surface area contributed by atoms with Crippen LogP contribution in [-0.4, -0.2) is 17.4 Å². The van der Waals surface area contributed by atoms with Crippen molar-refractivity contribution in [2.75, 3.05) is 10.6 Å². The summed E-state index contributed by atoms with van der Waals surface area (Å²) in [6.07, 6.45) is 0. The Morgan fingerprint density at radius 3 is 2.76 bits per heavy atom. The minimum Gasteiger partial charge on any atom is -0.466 e. The predicted molar refractivity (Wildman–Crippen MR) is 96.0 cm³/mol. The van der Waals surface area contributed by atoms with Crippen LogP contribution in [0.4, 0.5) is 10.7 Å². The minimum absolute atomic E-state index is 0.409. The topological polar surface area (TPSA) is 91.2 Å². The molecule has 7 heteroatoms. The molecule has 0 radical (unpaired) electrons. The van der Waals surface area contributed by atoms with Crippen LogP contribution in [-0.2, 0) is 9.59 Å². The summed E-state index contributed by atoms with van der Waals surface area (Å²) in [5, 5.41) is 15.1. The quantitative estimate of drug-likeness (QED) is 0.809. The van der Waals surface area contributed by atoms with Gasteiger partial charge in [-0.25, -0.2) is 0 Å². The number of hydrogen-bond acceptors (Lipinski definition) is 5. The molecule has 0 saturated heterocycles. The van der Waals surface area contributed by atoms with E-state index in [1.807, 2.05) is 26.8 Å². The molecule has 0 spiro atoms. The molecule has 0 saturated carbocycles. The van der Waals surface area contributed by atoms with Gasteiger partial charge in [-0.1, -0.05) is 6.07 Å². The fourth-order valence-electron chi connectivity index (χ4n) is 2.56. The monoisotopic (exact) mass is 355 g/mol. The van der Waals surface area contributed by atoms with Gasteiger partial charge in [-0.05, 0) is 51.0 Å². The van der Waals surface area contributed by atoms with Crippen molar-refractivity contribution in [3.8, 4) is 11.8 Å². The zero-order chi connectivity index (χ0) is 18.4. The molecule has 6 nitrogen and oxygen atoms in total. The summed E-state index contributed by atoms with van der Waals surface area (Å²) in [5.74, 6) is -0.734. The third-order valence-electron chi connectivity index (χ3n) is 4.29. The number of carbonyl (C=O) groups is 2. The van der Waals surface area contributed by atoms with Crippen LogP contribution < -0.4 is 15.4 Å². The van der Waals surface area contributed by atoms with Gasteiger partial charge in [0.1, 0.15) is 16.8 Å². The number of rotatable bonds is 2. The van der Waals surface area contributed by atoms with Gasteiger partial charge in [0.2, 0.25) is 0 Å². The average Bonchev–Trinajstić information content (AvgIpc) is 2.82. The number of ether oxygens (including phenoxy) is 1. The number of nitrogens with zero attached hydrogens (tertiary/aromatic N) is 1. The Labute approximate surface area is 149 Å². The number of nitrogens with one attached hydrogen (secondary N) is 2. The predicted octanol–water partition coefficient (Wildman–Crippen LogP) is 3.27. The second-order valence-electron chi connectivity index (χ2n) is 6.14. The number of nitriles is 1. The van der Waals surface area contributed by atoms with Gasteiger partial charge in [-0.15, -0.1) is 11.3 Å². The Hall–Kier alpha value is -2.85. The normalized spacial score (nSPS) is 18.6. The Kier molecular flexibility index (Phi) is 4.01. The standard InChI is InChI=1S/C18H17N3O3S/c1-9-5-6-14-13(7-9)20-16(22)18(4,24-14)17(23)21-15-12(8-19)10(2)11(3)25-15/h5-7H,1-4H3,(H,20,22)(H,21,23). The zero-order valence-electron chi connectivity index (χ0n) is 14.3. The van der Waals surface area contributed by atoms with Gasteiger partial charge in [0, 0.05) is 4.88 Å². The summed E-state index contributed by atoms with van der Waals surface area (Å²) in [7, 11) is 0. The first-order chi connectivity index (χ1) is 11.8. The molecule has 0 bridgehead atoms. The Morgan fingerprint density at radius 1 is 1.36 bits per heavy atom. The molecular weight excluding hydrogens is 338 g/mol. The third kappa shape index (κ3) is 2.75. The van der Waals surface area contributed by atoms with E-state index in [4.69, 9.17) is 4.74 Å². The lowest BCUT2D eigenvalue weighted by molar-refractivity contribution is -0.143. The minimum atomic E-state index is -1.72. The fraction of sp³-hybridized carbons (Fsp3) is 0.278. The van der Waals surface area contributed by atoms with Gasteiger partial charge in [0.15, 0.2) is 0 Å². The van der Waals surface area contributed by atoms with Gasteiger partial charge in [-0.3, -0.25) is 9.59 Å². The number of hydrogen-bond donors (Lipinski definition) is 2. The van der Waals surface area contributed by atoms with Crippen LogP contribution in [0.2, 0.25) is 0 Å². The summed E-state index contributed by atoms with van der Waals surface area (Å²) >= 11 is 1.30. The molecule has 1 atom stereocenters. The first-order valence-corrected chi connectivity index (χ1v) is 8.50. The highest BCUT2D eigenvalue weighted by molar-refractivity contribution is 7.16. The third-order valence-corrected chi connectivity index (χ3v) is 5.41. The van der Waals surface area contributed by atoms with E-state index >= 15 is 0 Å². The van der Waals surface area contributed by atoms with Gasteiger partial charge < -0.3 is 15.4 Å². The van der Waals surface area contributed by atoms with Crippen LogP contribution in [0.15, 0.2) is 18.2 Å². The van der Waals surface area contributed by atoms with Gasteiger partial charge in [-0.2, -0.15) is 5.26 Å². The van der Waals surface area contributed by atoms with E-state index in [0.717, 1.165) is 16.0 Å². The zero-order valence-corrected chi connectivity index (χ0v) is 15.1. The van der Waals surface area contributed by atoms with Crippen LogP contribution >= 0.6 is 11.3 Å². The smallest absolute Gasteiger partial charge is 0.278 e. The van der Waals surface area contributed by atoms with E-state index in [9.17, 15) is 14.9 Å². The van der Waals surface area contributed by atoms with E-state index in [1.54, 1.807) is 12.1 Å². The van der Waals surface area contributed by atoms with Crippen LogP contribution in [0.25, 0.3) is 0 Å². The number of anilines is 2. The van der Waals surface area contributed by atoms with E-state index in [2.05, 4.69) is 16.7 Å². The van der Waals surface area contributed by atoms with Crippen LogP contribution in [0, 0.1) is 32.1 Å². The second kappa shape index (κ2) is 5.90. The number of benzene rings is 1. The maximum Gasteiger partial charge on any atom is 0.278 e. The highest BCUT2D eigenvalue weighted by Crippen LogP contribution is 2.36. The van der Waals surface area contributed by atoms with Crippen LogP contribution in [0.5, 0.6) is 5.75 Å². The number of aryl methyl sites for hydroxylation is 2. The molecule has 2 aromatic rings. The Balaban J connectivity index is 1.92. The largest absolute Gasteiger partial charge is 0.466 e. The Bertz CT molecular complexity index is 942. The van der Waals surface area contributed by atoms with Crippen LogP contribution in [0.1, 0.15) is 28.5 Å². The number of amides is 2. The summed E-state index contributed by atoms with van der Waals surface area (Å²) in [6.45, 7) is 7.02. The molecule has 1 aromatic heterocycles. The van der Waals surface area contributed by atoms with E-state index in [1.165, 1.54) is 18.3 Å². The maximum absolute atomic E-state index is 12.8. The summed E-state index contributed by atoms with van der Waals surface area (Å²) in [5.41, 5.74) is 1.02. The molecule has 3 rings (SSSR count). The SMILES string of the molecule is Cc1ccc2c(c1)NC(=O)C(C)(C(=O)Nc1sc(C)c(C)c1C#N)O2. The van der Waals surface area contributed by atoms with Gasteiger partial charge in [0.25, 0.3) is 17.4 Å². The van der Waals surface area contributed by atoms with Crippen LogP contribution in [0.3, 0.4) is 0 Å². The highest BCUT2D eigenvalue weighted by atomic mass is 32.1. The van der Waals surface area contributed by atoms with Crippen molar-refractivity contribution in [1.82, 2.24) is 0 Å². The molecule has 1 unspecified atom stereocenters. The number of thiophene rings is 1. The number of fused-ring (bicyclic) bond motifs is 1. The molecule has 1 aliphatic rings. The maximum atomic E-state index is 12.8. The second-order valence-corrected chi connectivity index (χ2v) is 7.37. The summed E-state index contributed by atoms with van der Waals surface area (Å²) in [4.78, 5) is 26.2. The van der Waals surface area contributed by atoms with Crippen molar-refractivity contribution < 1.29 is 14.3 Å². The van der Waals surface area contributed by atoms with E-state index in [0.29, 0.717) is 22.0 Å². The summed E-state index contributed by atoms with van der Waals surface area (Å²) in [6, 6.07) is 7.43. The lowest BCUT2D eigenvalue weighted by atomic mass is 10.0. The summed E-state index contributed by atoms with van der Waals surface area (Å²) < 4.78 is 5.73. The molecule has 2 amide bonds. The molecule has 0 aliphatic carbocycles. The first-order valence-electron chi connectivity index (χ1n) is 7.69. The highest BCUT2D eigenvalue weighted by Gasteiger charge is 2.47. The molecule has 2 N–H and O–H groups in total. The van der Waals surface area contributed by atoms with Gasteiger partial charge in [0.05, 0.1) is 11.3 Å². The molecule has 0 fully saturated rings. The van der Waals surface area contributed by atoms with Crippen molar-refractivity contribution >= 4 is 33.8 Å². The molecule has 2 heterocycles. The number of carbonyl (C=O) groups excluding carboxylic acids is 2. The first kappa shape index (κ1) is 17.0. The average molecular weight is 355 g/mol. The van der Waals surface area contributed by atoms with E-state index in [-0.39, 0.29) is 0 Å². The lowest BCUT2D eigenvalue weighted by Crippen LogP contribution is -2.56. The molecule has 1 aliphatic heterocycles. The van der Waals surface area contributed by atoms with E-state index < -0.39 is 17.4 Å². The molecule has 25 heavy (non-hydrogen) atoms. The Morgan fingerprint density at radius 2 is 2.08 bits per heavy atom. The lowest BCUT2D eigenvalue weighted by Gasteiger charge is -2.33. The van der Waals surface area contributed by atoms with Crippen molar-refractivity contribution in [1.29, 1.82) is 5.26 Å². The molecule has 1 aromatic carbocycles. The fourth-order valence-corrected chi connectivity index (χ4v) is 3.57. The van der Waals surface area contributed by atoms with Crippen molar-refractivity contribution in [3.63, 3.8) is 0 Å². The van der Waals surface area contributed by atoms with Gasteiger partial charge >= 0.3 is 0 Å².